The van der Waals surface area contributed by atoms with Gasteiger partial charge in [-0.25, -0.2) is 0 Å². The Morgan fingerprint density at radius 2 is 1.75 bits per heavy atom. The standard InChI is InChI=1S/C33H50N2O/c1-9-35-28(36)33-15-12-23(21(2)3)27(33)24-10-11-26-30(6)19-22(20-34)18-29(4,5)25(30)13-14-32(26,8)31(24,7)16-17-33/h19,23-27H,2,9-18H2,1,3-8H3,(H,35,36). The summed E-state index contributed by atoms with van der Waals surface area (Å²) in [5, 5.41) is 13.2. The fourth-order valence-corrected chi connectivity index (χ4v) is 11.7. The Labute approximate surface area is 220 Å². The van der Waals surface area contributed by atoms with Crippen LogP contribution in [0.4, 0.5) is 0 Å². The van der Waals surface area contributed by atoms with Crippen LogP contribution in [-0.4, -0.2) is 12.5 Å². The zero-order valence-electron chi connectivity index (χ0n) is 24.1. The van der Waals surface area contributed by atoms with Gasteiger partial charge in [-0.15, -0.1) is 0 Å². The molecule has 4 saturated carbocycles. The van der Waals surface area contributed by atoms with E-state index in [4.69, 9.17) is 0 Å². The molecule has 0 saturated heterocycles. The van der Waals surface area contributed by atoms with Crippen molar-refractivity contribution in [2.75, 3.05) is 6.54 Å². The lowest BCUT2D eigenvalue weighted by atomic mass is 9.33. The third-order valence-corrected chi connectivity index (χ3v) is 13.3. The topological polar surface area (TPSA) is 52.9 Å². The van der Waals surface area contributed by atoms with Crippen molar-refractivity contribution in [2.24, 2.45) is 56.7 Å². The number of nitrogens with one attached hydrogen (secondary N) is 1. The molecule has 0 radical (unpaired) electrons. The summed E-state index contributed by atoms with van der Waals surface area (Å²) in [6, 6.07) is 2.58. The average Bonchev–Trinajstić information content (AvgIpc) is 3.20. The van der Waals surface area contributed by atoms with Crippen LogP contribution in [0.2, 0.25) is 0 Å². The van der Waals surface area contributed by atoms with Gasteiger partial charge in [-0.2, -0.15) is 5.26 Å². The molecule has 3 heteroatoms. The van der Waals surface area contributed by atoms with Gasteiger partial charge in [0.05, 0.1) is 11.5 Å². The van der Waals surface area contributed by atoms with Crippen molar-refractivity contribution < 1.29 is 4.79 Å². The smallest absolute Gasteiger partial charge is 0.226 e. The summed E-state index contributed by atoms with van der Waals surface area (Å²) in [4.78, 5) is 13.7. The Kier molecular flexibility index (Phi) is 5.95. The highest BCUT2D eigenvalue weighted by Gasteiger charge is 2.71. The Morgan fingerprint density at radius 1 is 1.03 bits per heavy atom. The van der Waals surface area contributed by atoms with Crippen LogP contribution in [0.15, 0.2) is 23.8 Å². The van der Waals surface area contributed by atoms with Crippen molar-refractivity contribution >= 4 is 5.91 Å². The van der Waals surface area contributed by atoms with Gasteiger partial charge in [0, 0.05) is 12.1 Å². The number of fused-ring (bicyclic) bond motifs is 7. The van der Waals surface area contributed by atoms with E-state index in [1.165, 1.54) is 31.3 Å². The minimum absolute atomic E-state index is 0.0747. The molecule has 4 fully saturated rings. The molecular weight excluding hydrogens is 440 g/mol. The van der Waals surface area contributed by atoms with E-state index in [0.29, 0.717) is 35.5 Å². The fraction of sp³-hybridized carbons (Fsp3) is 0.818. The lowest BCUT2D eigenvalue weighted by molar-refractivity contribution is -0.218. The molecule has 36 heavy (non-hydrogen) atoms. The first kappa shape index (κ1) is 26.1. The first-order valence-electron chi connectivity index (χ1n) is 14.9. The average molecular weight is 491 g/mol. The Bertz CT molecular complexity index is 1030. The summed E-state index contributed by atoms with van der Waals surface area (Å²) in [6.45, 7) is 22.0. The van der Waals surface area contributed by atoms with Gasteiger partial charge in [-0.05, 0) is 123 Å². The van der Waals surface area contributed by atoms with Gasteiger partial charge in [0.15, 0.2) is 0 Å². The molecule has 0 bridgehead atoms. The SMILES string of the molecule is C=C(C)C1CCC2(C(=O)NCC)CCC3(C)C(CCC4C5(C)C=C(C#N)CC(C)(C)C5CCC43C)C12. The number of amides is 1. The van der Waals surface area contributed by atoms with Gasteiger partial charge in [-0.1, -0.05) is 52.8 Å². The molecule has 9 atom stereocenters. The fourth-order valence-electron chi connectivity index (χ4n) is 11.7. The molecule has 0 spiro atoms. The van der Waals surface area contributed by atoms with E-state index in [-0.39, 0.29) is 27.1 Å². The van der Waals surface area contributed by atoms with E-state index in [2.05, 4.69) is 72.5 Å². The van der Waals surface area contributed by atoms with Gasteiger partial charge >= 0.3 is 0 Å². The molecular formula is C33H50N2O. The highest BCUT2D eigenvalue weighted by Crippen LogP contribution is 2.77. The number of allylic oxidation sites excluding steroid dienone is 3. The van der Waals surface area contributed by atoms with Crippen LogP contribution >= 0.6 is 0 Å². The van der Waals surface area contributed by atoms with Crippen molar-refractivity contribution in [2.45, 2.75) is 106 Å². The van der Waals surface area contributed by atoms with Gasteiger partial charge in [0.2, 0.25) is 5.91 Å². The van der Waals surface area contributed by atoms with E-state index in [1.807, 2.05) is 0 Å². The Balaban J connectivity index is 1.59. The monoisotopic (exact) mass is 490 g/mol. The summed E-state index contributed by atoms with van der Waals surface area (Å²) in [5.41, 5.74) is 2.76. The first-order valence-corrected chi connectivity index (χ1v) is 14.9. The van der Waals surface area contributed by atoms with Gasteiger partial charge in [-0.3, -0.25) is 4.79 Å². The molecule has 5 rings (SSSR count). The largest absolute Gasteiger partial charge is 0.356 e. The number of hydrogen-bond donors (Lipinski definition) is 1. The van der Waals surface area contributed by atoms with E-state index >= 15 is 0 Å². The summed E-state index contributed by atoms with van der Waals surface area (Å²) in [6.07, 6.45) is 12.6. The maximum Gasteiger partial charge on any atom is 0.226 e. The van der Waals surface area contributed by atoms with Gasteiger partial charge in [0.25, 0.3) is 0 Å². The molecule has 5 aliphatic rings. The molecule has 0 aliphatic heterocycles. The van der Waals surface area contributed by atoms with Crippen molar-refractivity contribution in [3.05, 3.63) is 23.8 Å². The number of nitriles is 1. The molecule has 9 unspecified atom stereocenters. The highest BCUT2D eigenvalue weighted by molar-refractivity contribution is 5.83. The van der Waals surface area contributed by atoms with Crippen LogP contribution < -0.4 is 5.32 Å². The van der Waals surface area contributed by atoms with Crippen LogP contribution in [0, 0.1) is 68.0 Å². The molecule has 0 aromatic heterocycles. The lowest BCUT2D eigenvalue weighted by Gasteiger charge is -2.71. The van der Waals surface area contributed by atoms with Gasteiger partial charge < -0.3 is 5.32 Å². The van der Waals surface area contributed by atoms with Crippen LogP contribution in [0.1, 0.15) is 106 Å². The molecule has 198 valence electrons. The van der Waals surface area contributed by atoms with Crippen molar-refractivity contribution in [3.8, 4) is 6.07 Å². The zero-order chi connectivity index (χ0) is 26.3. The number of nitrogens with zero attached hydrogens (tertiary/aromatic N) is 1. The molecule has 5 aliphatic carbocycles. The van der Waals surface area contributed by atoms with E-state index < -0.39 is 0 Å². The molecule has 3 nitrogen and oxygen atoms in total. The number of hydrogen-bond acceptors (Lipinski definition) is 2. The van der Waals surface area contributed by atoms with Crippen LogP contribution in [-0.2, 0) is 4.79 Å². The normalized spacial score (nSPS) is 48.8. The van der Waals surface area contributed by atoms with E-state index in [0.717, 1.165) is 44.2 Å². The van der Waals surface area contributed by atoms with Crippen molar-refractivity contribution in [1.29, 1.82) is 5.26 Å². The number of carbonyl (C=O) groups is 1. The Morgan fingerprint density at radius 3 is 2.39 bits per heavy atom. The lowest BCUT2D eigenvalue weighted by Crippen LogP contribution is -2.66. The molecule has 0 aromatic carbocycles. The summed E-state index contributed by atoms with van der Waals surface area (Å²) in [7, 11) is 0. The minimum Gasteiger partial charge on any atom is -0.356 e. The van der Waals surface area contributed by atoms with Gasteiger partial charge in [0.1, 0.15) is 0 Å². The van der Waals surface area contributed by atoms with E-state index in [1.54, 1.807) is 0 Å². The molecule has 1 N–H and O–H groups in total. The maximum absolute atomic E-state index is 13.7. The minimum atomic E-state index is -0.213. The quantitative estimate of drug-likeness (QED) is 0.410. The molecule has 1 amide bonds. The predicted octanol–water partition coefficient (Wildman–Crippen LogP) is 7.84. The zero-order valence-corrected chi connectivity index (χ0v) is 24.1. The summed E-state index contributed by atoms with van der Waals surface area (Å²) < 4.78 is 0. The maximum atomic E-state index is 13.7. The van der Waals surface area contributed by atoms with Crippen LogP contribution in [0.25, 0.3) is 0 Å². The molecule has 0 heterocycles. The first-order chi connectivity index (χ1) is 16.8. The number of carbonyl (C=O) groups excluding carboxylic acids is 1. The predicted molar refractivity (Wildman–Crippen MR) is 147 cm³/mol. The number of rotatable bonds is 3. The summed E-state index contributed by atoms with van der Waals surface area (Å²) >= 11 is 0. The van der Waals surface area contributed by atoms with Crippen LogP contribution in [0.3, 0.4) is 0 Å². The second-order valence-electron chi connectivity index (χ2n) is 15.0. The second kappa shape index (κ2) is 8.22. The van der Waals surface area contributed by atoms with E-state index in [9.17, 15) is 10.1 Å². The third kappa shape index (κ3) is 3.18. The van der Waals surface area contributed by atoms with Crippen molar-refractivity contribution in [3.63, 3.8) is 0 Å². The third-order valence-electron chi connectivity index (χ3n) is 13.3. The summed E-state index contributed by atoms with van der Waals surface area (Å²) in [5.74, 6) is 2.98. The highest BCUT2D eigenvalue weighted by atomic mass is 16.2. The molecule has 0 aromatic rings. The Hall–Kier alpha value is -1.56. The van der Waals surface area contributed by atoms with Crippen molar-refractivity contribution in [1.82, 2.24) is 5.32 Å². The van der Waals surface area contributed by atoms with Crippen LogP contribution in [0.5, 0.6) is 0 Å². The second-order valence-corrected chi connectivity index (χ2v) is 15.0.